The van der Waals surface area contributed by atoms with Gasteiger partial charge >= 0.3 is 0 Å². The number of rotatable bonds is 6. The summed E-state index contributed by atoms with van der Waals surface area (Å²) in [6, 6.07) is 7.68. The van der Waals surface area contributed by atoms with E-state index in [1.54, 1.807) is 7.11 Å². The van der Waals surface area contributed by atoms with E-state index in [4.69, 9.17) is 13.9 Å². The molecule has 0 bridgehead atoms. The number of carbonyl (C=O) groups excluding carboxylic acids is 1. The van der Waals surface area contributed by atoms with Gasteiger partial charge in [0.25, 0.3) is 0 Å². The number of methoxy groups -OCH3 is 1. The third kappa shape index (κ3) is 3.59. The van der Waals surface area contributed by atoms with Crippen molar-refractivity contribution in [3.05, 3.63) is 24.3 Å². The maximum Gasteiger partial charge on any atom is 0.233 e. The minimum absolute atomic E-state index is 0.0916. The zero-order valence-corrected chi connectivity index (χ0v) is 16.7. The van der Waals surface area contributed by atoms with Gasteiger partial charge < -0.3 is 18.8 Å². The molecule has 0 aliphatic carbocycles. The van der Waals surface area contributed by atoms with E-state index in [1.807, 2.05) is 40.7 Å². The van der Waals surface area contributed by atoms with Gasteiger partial charge in [0.2, 0.25) is 11.7 Å². The largest absolute Gasteiger partial charge is 0.493 e. The van der Waals surface area contributed by atoms with Crippen molar-refractivity contribution < 1.29 is 18.7 Å². The van der Waals surface area contributed by atoms with Gasteiger partial charge in [0.05, 0.1) is 26.1 Å². The van der Waals surface area contributed by atoms with Crippen LogP contribution in [0.3, 0.4) is 0 Å². The molecule has 1 aliphatic rings. The Bertz CT molecular complexity index is 978. The second kappa shape index (κ2) is 8.24. The van der Waals surface area contributed by atoms with Crippen molar-refractivity contribution in [1.29, 1.82) is 0 Å². The summed E-state index contributed by atoms with van der Waals surface area (Å²) in [5, 5.41) is 10.2. The van der Waals surface area contributed by atoms with Gasteiger partial charge in [0, 0.05) is 25.0 Å². The van der Waals surface area contributed by atoms with Gasteiger partial charge in [-0.25, -0.2) is 0 Å². The maximum atomic E-state index is 12.4. The van der Waals surface area contributed by atoms with Crippen LogP contribution in [0.25, 0.3) is 22.6 Å². The van der Waals surface area contributed by atoms with E-state index in [0.717, 1.165) is 5.39 Å². The summed E-state index contributed by atoms with van der Waals surface area (Å²) >= 11 is 1.39. The number of aromatic nitrogens is 3. The van der Waals surface area contributed by atoms with Gasteiger partial charge in [0.1, 0.15) is 0 Å². The Labute approximate surface area is 166 Å². The first kappa shape index (κ1) is 18.8. The topological polar surface area (TPSA) is 82.6 Å². The van der Waals surface area contributed by atoms with Crippen molar-refractivity contribution in [2.75, 3.05) is 39.2 Å². The fourth-order valence-electron chi connectivity index (χ4n) is 3.20. The van der Waals surface area contributed by atoms with Crippen molar-refractivity contribution >= 4 is 28.6 Å². The lowest BCUT2D eigenvalue weighted by atomic mass is 10.2. The highest BCUT2D eigenvalue weighted by Gasteiger charge is 2.21. The van der Waals surface area contributed by atoms with Crippen molar-refractivity contribution in [3.63, 3.8) is 0 Å². The molecule has 1 amide bonds. The number of para-hydroxylation sites is 1. The third-order valence-electron chi connectivity index (χ3n) is 4.67. The molecule has 0 unspecified atom stereocenters. The number of ether oxygens (including phenoxy) is 2. The van der Waals surface area contributed by atoms with E-state index >= 15 is 0 Å². The number of morpholine rings is 1. The molecule has 0 spiro atoms. The number of nitrogens with zero attached hydrogens (tertiary/aromatic N) is 4. The Morgan fingerprint density at radius 2 is 2.11 bits per heavy atom. The second-order valence-corrected chi connectivity index (χ2v) is 7.26. The summed E-state index contributed by atoms with van der Waals surface area (Å²) in [6.07, 6.45) is 0. The number of amides is 1. The summed E-state index contributed by atoms with van der Waals surface area (Å²) in [6.45, 7) is 5.18. The minimum atomic E-state index is 0.0916. The number of benzene rings is 1. The predicted octanol–water partition coefficient (Wildman–Crippen LogP) is 2.67. The number of hydrogen-bond donors (Lipinski definition) is 0. The van der Waals surface area contributed by atoms with Gasteiger partial charge in [-0.2, -0.15) is 0 Å². The van der Waals surface area contributed by atoms with Crippen LogP contribution in [0.4, 0.5) is 0 Å². The van der Waals surface area contributed by atoms with Crippen LogP contribution in [0.5, 0.6) is 5.75 Å². The van der Waals surface area contributed by atoms with E-state index in [1.165, 1.54) is 11.8 Å². The first-order valence-corrected chi connectivity index (χ1v) is 10.2. The lowest BCUT2D eigenvalue weighted by Crippen LogP contribution is -2.41. The Balaban J connectivity index is 1.55. The molecule has 148 valence electrons. The average molecular weight is 402 g/mol. The molecular formula is C19H22N4O4S. The molecule has 1 aromatic carbocycles. The monoisotopic (exact) mass is 402 g/mol. The molecule has 28 heavy (non-hydrogen) atoms. The van der Waals surface area contributed by atoms with E-state index < -0.39 is 0 Å². The molecule has 4 rings (SSSR count). The summed E-state index contributed by atoms with van der Waals surface area (Å²) in [5.74, 6) is 2.36. The van der Waals surface area contributed by atoms with Crippen LogP contribution >= 0.6 is 11.8 Å². The highest BCUT2D eigenvalue weighted by molar-refractivity contribution is 7.99. The quantitative estimate of drug-likeness (QED) is 0.586. The van der Waals surface area contributed by atoms with E-state index in [9.17, 15) is 4.79 Å². The van der Waals surface area contributed by atoms with Crippen LogP contribution in [-0.2, 0) is 16.1 Å². The Morgan fingerprint density at radius 1 is 1.29 bits per heavy atom. The lowest BCUT2D eigenvalue weighted by molar-refractivity contribution is -0.132. The van der Waals surface area contributed by atoms with Gasteiger partial charge in [-0.15, -0.1) is 10.2 Å². The maximum absolute atomic E-state index is 12.4. The van der Waals surface area contributed by atoms with Gasteiger partial charge in [-0.05, 0) is 19.1 Å². The molecule has 3 aromatic rings. The summed E-state index contributed by atoms with van der Waals surface area (Å²) in [4.78, 5) is 14.2. The lowest BCUT2D eigenvalue weighted by Gasteiger charge is -2.26. The first-order chi connectivity index (χ1) is 13.7. The molecule has 3 heterocycles. The molecule has 0 N–H and O–H groups in total. The Hall–Kier alpha value is -2.52. The molecule has 0 saturated carbocycles. The van der Waals surface area contributed by atoms with Gasteiger partial charge in [-0.3, -0.25) is 9.36 Å². The fraction of sp³-hybridized carbons (Fsp3) is 0.421. The number of fused-ring (bicyclic) bond motifs is 1. The molecular weight excluding hydrogens is 380 g/mol. The summed E-state index contributed by atoms with van der Waals surface area (Å²) in [5.41, 5.74) is 0.683. The molecule has 2 aromatic heterocycles. The summed E-state index contributed by atoms with van der Waals surface area (Å²) < 4.78 is 18.6. The SMILES string of the molecule is CCn1c(SCC(=O)N2CCOCC2)nnc1-c1cc2cccc(OC)c2o1. The van der Waals surface area contributed by atoms with E-state index in [2.05, 4.69) is 10.2 Å². The van der Waals surface area contributed by atoms with Gasteiger partial charge in [0.15, 0.2) is 22.2 Å². The molecule has 1 fully saturated rings. The van der Waals surface area contributed by atoms with Crippen LogP contribution in [0.2, 0.25) is 0 Å². The standard InChI is InChI=1S/C19H22N4O4S/c1-3-23-18(15-11-13-5-4-6-14(25-2)17(13)27-15)20-21-19(23)28-12-16(24)22-7-9-26-10-8-22/h4-6,11H,3,7-10,12H2,1-2H3. The molecule has 1 aliphatic heterocycles. The normalized spacial score (nSPS) is 14.6. The minimum Gasteiger partial charge on any atom is -0.493 e. The zero-order valence-electron chi connectivity index (χ0n) is 15.9. The highest BCUT2D eigenvalue weighted by Crippen LogP contribution is 2.33. The van der Waals surface area contributed by atoms with Crippen LogP contribution in [0.1, 0.15) is 6.92 Å². The van der Waals surface area contributed by atoms with E-state index in [0.29, 0.717) is 66.7 Å². The Morgan fingerprint density at radius 3 is 2.86 bits per heavy atom. The average Bonchev–Trinajstić information content (AvgIpc) is 3.35. The molecule has 9 heteroatoms. The van der Waals surface area contributed by atoms with Crippen molar-refractivity contribution in [1.82, 2.24) is 19.7 Å². The fourth-order valence-corrected chi connectivity index (χ4v) is 4.11. The molecule has 0 radical (unpaired) electrons. The van der Waals surface area contributed by atoms with Crippen LogP contribution in [0.15, 0.2) is 33.8 Å². The third-order valence-corrected chi connectivity index (χ3v) is 5.62. The van der Waals surface area contributed by atoms with Crippen molar-refractivity contribution in [2.45, 2.75) is 18.6 Å². The number of furan rings is 1. The van der Waals surface area contributed by atoms with Gasteiger partial charge in [-0.1, -0.05) is 23.9 Å². The second-order valence-electron chi connectivity index (χ2n) is 6.32. The zero-order chi connectivity index (χ0) is 19.5. The van der Waals surface area contributed by atoms with Crippen LogP contribution in [-0.4, -0.2) is 64.7 Å². The number of hydrogen-bond acceptors (Lipinski definition) is 7. The van der Waals surface area contributed by atoms with E-state index in [-0.39, 0.29) is 5.91 Å². The van der Waals surface area contributed by atoms with Crippen LogP contribution < -0.4 is 4.74 Å². The molecule has 1 saturated heterocycles. The number of carbonyl (C=O) groups is 1. The predicted molar refractivity (Wildman–Crippen MR) is 106 cm³/mol. The highest BCUT2D eigenvalue weighted by atomic mass is 32.2. The van der Waals surface area contributed by atoms with Crippen LogP contribution in [0, 0.1) is 0 Å². The Kier molecular flexibility index (Phi) is 5.54. The smallest absolute Gasteiger partial charge is 0.233 e. The number of thioether (sulfide) groups is 1. The van der Waals surface area contributed by atoms with Crippen molar-refractivity contribution in [2.24, 2.45) is 0 Å². The first-order valence-electron chi connectivity index (χ1n) is 9.19. The molecule has 8 nitrogen and oxygen atoms in total. The molecule has 0 atom stereocenters. The van der Waals surface area contributed by atoms with Crippen molar-refractivity contribution in [3.8, 4) is 17.3 Å². The summed E-state index contributed by atoms with van der Waals surface area (Å²) in [7, 11) is 1.62.